The summed E-state index contributed by atoms with van der Waals surface area (Å²) in [6, 6.07) is 9.45. The minimum Gasteiger partial charge on any atom is -0.481 e. The molecule has 5 nitrogen and oxygen atoms in total. The van der Waals surface area contributed by atoms with Crippen molar-refractivity contribution in [2.45, 2.75) is 44.2 Å². The van der Waals surface area contributed by atoms with Crippen molar-refractivity contribution in [2.24, 2.45) is 11.8 Å². The van der Waals surface area contributed by atoms with Gasteiger partial charge in [0.2, 0.25) is 0 Å². The van der Waals surface area contributed by atoms with Crippen molar-refractivity contribution >= 4 is 12.1 Å². The van der Waals surface area contributed by atoms with Crippen molar-refractivity contribution in [3.63, 3.8) is 0 Å². The summed E-state index contributed by atoms with van der Waals surface area (Å²) in [6.45, 7) is 0.198. The number of aliphatic carboxylic acids is 1. The number of nitrogens with one attached hydrogen (secondary N) is 1. The van der Waals surface area contributed by atoms with Gasteiger partial charge in [-0.15, -0.1) is 0 Å². The zero-order valence-corrected chi connectivity index (χ0v) is 12.5. The van der Waals surface area contributed by atoms with E-state index in [0.29, 0.717) is 5.92 Å². The normalized spacial score (nSPS) is 29.3. The van der Waals surface area contributed by atoms with Gasteiger partial charge >= 0.3 is 12.1 Å². The number of carbonyl (C=O) groups is 2. The number of hydrogen-bond donors (Lipinski definition) is 2. The number of fused-ring (bicyclic) bond motifs is 1. The van der Waals surface area contributed by atoms with Crippen molar-refractivity contribution in [2.75, 3.05) is 0 Å². The summed E-state index contributed by atoms with van der Waals surface area (Å²) >= 11 is 0. The first kappa shape index (κ1) is 14.9. The van der Waals surface area contributed by atoms with Crippen LogP contribution < -0.4 is 5.32 Å². The average molecular weight is 303 g/mol. The van der Waals surface area contributed by atoms with Crippen LogP contribution >= 0.6 is 0 Å². The number of benzene rings is 1. The highest BCUT2D eigenvalue weighted by atomic mass is 16.5. The first-order valence-electron chi connectivity index (χ1n) is 7.80. The molecule has 3 atom stereocenters. The lowest BCUT2D eigenvalue weighted by Gasteiger charge is -2.52. The standard InChI is InChI=1S/C17H21NO4/c19-15(20)10-17(9-13-7-4-8-14(13)17)18-16(21)22-11-12-5-2-1-3-6-12/h1-3,5-6,13-14H,4,7-11H2,(H,18,21)(H,19,20). The van der Waals surface area contributed by atoms with E-state index in [-0.39, 0.29) is 18.9 Å². The Morgan fingerprint density at radius 3 is 2.73 bits per heavy atom. The van der Waals surface area contributed by atoms with Gasteiger partial charge < -0.3 is 15.2 Å². The molecule has 0 radical (unpaired) electrons. The molecule has 0 aromatic heterocycles. The smallest absolute Gasteiger partial charge is 0.407 e. The number of alkyl carbamates (subject to hydrolysis) is 1. The van der Waals surface area contributed by atoms with Gasteiger partial charge in [-0.05, 0) is 36.7 Å². The SMILES string of the molecule is O=C(O)CC1(NC(=O)OCc2ccccc2)CC2CCCC21. The largest absolute Gasteiger partial charge is 0.481 e. The van der Waals surface area contributed by atoms with Crippen LogP contribution in [0.25, 0.3) is 0 Å². The summed E-state index contributed by atoms with van der Waals surface area (Å²) in [6.07, 6.45) is 3.48. The van der Waals surface area contributed by atoms with Crippen molar-refractivity contribution in [1.82, 2.24) is 5.32 Å². The highest BCUT2D eigenvalue weighted by molar-refractivity contribution is 5.73. The van der Waals surface area contributed by atoms with E-state index < -0.39 is 17.6 Å². The summed E-state index contributed by atoms with van der Waals surface area (Å²) in [5.74, 6) is -0.0182. The van der Waals surface area contributed by atoms with E-state index in [1.165, 1.54) is 0 Å². The molecule has 0 aliphatic heterocycles. The van der Waals surface area contributed by atoms with E-state index in [1.54, 1.807) is 0 Å². The highest BCUT2D eigenvalue weighted by Crippen LogP contribution is 2.55. The third kappa shape index (κ3) is 2.93. The molecule has 1 aromatic rings. The van der Waals surface area contributed by atoms with E-state index in [9.17, 15) is 9.59 Å². The van der Waals surface area contributed by atoms with Crippen LogP contribution in [0.5, 0.6) is 0 Å². The molecule has 0 saturated heterocycles. The lowest BCUT2D eigenvalue weighted by molar-refractivity contribution is -0.141. The van der Waals surface area contributed by atoms with Gasteiger partial charge in [-0.3, -0.25) is 4.79 Å². The topological polar surface area (TPSA) is 75.6 Å². The molecule has 1 amide bonds. The van der Waals surface area contributed by atoms with Gasteiger partial charge in [0, 0.05) is 0 Å². The van der Waals surface area contributed by atoms with Crippen molar-refractivity contribution in [3.8, 4) is 0 Å². The first-order chi connectivity index (χ1) is 10.6. The minimum atomic E-state index is -0.867. The second-order valence-corrected chi connectivity index (χ2v) is 6.41. The summed E-state index contributed by atoms with van der Waals surface area (Å²) in [5, 5.41) is 12.0. The number of carbonyl (C=O) groups excluding carboxylic acids is 1. The molecule has 3 rings (SSSR count). The molecule has 2 aliphatic rings. The van der Waals surface area contributed by atoms with Crippen LogP contribution in [0.2, 0.25) is 0 Å². The Kier molecular flexibility index (Phi) is 4.05. The maximum absolute atomic E-state index is 12.1. The Hall–Kier alpha value is -2.04. The lowest BCUT2D eigenvalue weighted by Crippen LogP contribution is -2.63. The van der Waals surface area contributed by atoms with Gasteiger partial charge in [0.05, 0.1) is 12.0 Å². The molecule has 0 bridgehead atoms. The van der Waals surface area contributed by atoms with Crippen LogP contribution in [0.4, 0.5) is 4.79 Å². The summed E-state index contributed by atoms with van der Waals surface area (Å²) < 4.78 is 5.25. The zero-order chi connectivity index (χ0) is 15.6. The zero-order valence-electron chi connectivity index (χ0n) is 12.5. The first-order valence-corrected chi connectivity index (χ1v) is 7.80. The molecule has 22 heavy (non-hydrogen) atoms. The van der Waals surface area contributed by atoms with Crippen LogP contribution in [0.3, 0.4) is 0 Å². The summed E-state index contributed by atoms with van der Waals surface area (Å²) in [4.78, 5) is 23.2. The number of hydrogen-bond acceptors (Lipinski definition) is 3. The molecule has 2 saturated carbocycles. The van der Waals surface area contributed by atoms with Gasteiger partial charge in [-0.2, -0.15) is 0 Å². The fourth-order valence-electron chi connectivity index (χ4n) is 4.09. The average Bonchev–Trinajstić information content (AvgIpc) is 2.88. The predicted octanol–water partition coefficient (Wildman–Crippen LogP) is 2.95. The summed E-state index contributed by atoms with van der Waals surface area (Å²) in [5.41, 5.74) is 0.304. The van der Waals surface area contributed by atoms with E-state index >= 15 is 0 Å². The third-order valence-electron chi connectivity index (χ3n) is 5.03. The molecule has 0 spiro atoms. The van der Waals surface area contributed by atoms with Crippen LogP contribution in [-0.2, 0) is 16.1 Å². The Morgan fingerprint density at radius 2 is 2.05 bits per heavy atom. The minimum absolute atomic E-state index is 0.0192. The maximum Gasteiger partial charge on any atom is 0.407 e. The number of carboxylic acid groups (broad SMARTS) is 1. The van der Waals surface area contributed by atoms with Crippen LogP contribution in [-0.4, -0.2) is 22.7 Å². The van der Waals surface area contributed by atoms with Crippen LogP contribution in [0.15, 0.2) is 30.3 Å². The Labute approximate surface area is 129 Å². The van der Waals surface area contributed by atoms with E-state index in [4.69, 9.17) is 9.84 Å². The van der Waals surface area contributed by atoms with Gasteiger partial charge in [0.15, 0.2) is 0 Å². The highest BCUT2D eigenvalue weighted by Gasteiger charge is 2.57. The third-order valence-corrected chi connectivity index (χ3v) is 5.03. The van der Waals surface area contributed by atoms with E-state index in [2.05, 4.69) is 5.32 Å². The number of amides is 1. The van der Waals surface area contributed by atoms with E-state index in [1.807, 2.05) is 30.3 Å². The summed E-state index contributed by atoms with van der Waals surface area (Å²) in [7, 11) is 0. The van der Waals surface area contributed by atoms with Gasteiger partial charge in [-0.1, -0.05) is 36.8 Å². The molecule has 2 N–H and O–H groups in total. The lowest BCUT2D eigenvalue weighted by atomic mass is 9.59. The maximum atomic E-state index is 12.1. The van der Waals surface area contributed by atoms with Gasteiger partial charge in [0.1, 0.15) is 6.61 Å². The molecular weight excluding hydrogens is 282 g/mol. The van der Waals surface area contributed by atoms with Crippen molar-refractivity contribution in [3.05, 3.63) is 35.9 Å². The second-order valence-electron chi connectivity index (χ2n) is 6.41. The monoisotopic (exact) mass is 303 g/mol. The molecule has 5 heteroatoms. The Balaban J connectivity index is 1.59. The fourth-order valence-corrected chi connectivity index (χ4v) is 4.09. The van der Waals surface area contributed by atoms with Gasteiger partial charge in [-0.25, -0.2) is 4.79 Å². The quantitative estimate of drug-likeness (QED) is 0.877. The number of ether oxygens (including phenoxy) is 1. The van der Waals surface area contributed by atoms with Gasteiger partial charge in [0.25, 0.3) is 0 Å². The Bertz CT molecular complexity index is 559. The number of carboxylic acids is 1. The molecule has 118 valence electrons. The molecule has 2 fully saturated rings. The molecule has 1 aromatic carbocycles. The fraction of sp³-hybridized carbons (Fsp3) is 0.529. The molecule has 3 unspecified atom stereocenters. The molecule has 2 aliphatic carbocycles. The molecular formula is C17H21NO4. The number of rotatable bonds is 5. The van der Waals surface area contributed by atoms with Crippen LogP contribution in [0.1, 0.15) is 37.7 Å². The van der Waals surface area contributed by atoms with E-state index in [0.717, 1.165) is 31.2 Å². The Morgan fingerprint density at radius 1 is 1.27 bits per heavy atom. The predicted molar refractivity (Wildman–Crippen MR) is 80.2 cm³/mol. The van der Waals surface area contributed by atoms with Crippen molar-refractivity contribution in [1.29, 1.82) is 0 Å². The second kappa shape index (κ2) is 5.99. The molecule has 0 heterocycles. The van der Waals surface area contributed by atoms with Crippen molar-refractivity contribution < 1.29 is 19.4 Å². The van der Waals surface area contributed by atoms with Crippen LogP contribution in [0, 0.1) is 11.8 Å².